The fourth-order valence-corrected chi connectivity index (χ4v) is 3.69. The van der Waals surface area contributed by atoms with Crippen molar-refractivity contribution >= 4 is 29.3 Å². The summed E-state index contributed by atoms with van der Waals surface area (Å²) in [5, 5.41) is 15.7. The van der Waals surface area contributed by atoms with Crippen LogP contribution in [0, 0.1) is 0 Å². The normalized spacial score (nSPS) is 16.1. The molecule has 1 aliphatic heterocycles. The van der Waals surface area contributed by atoms with Crippen LogP contribution in [0.1, 0.15) is 18.7 Å². The van der Waals surface area contributed by atoms with Gasteiger partial charge in [-0.2, -0.15) is 15.0 Å². The first-order chi connectivity index (χ1) is 14.2. The van der Waals surface area contributed by atoms with Crippen LogP contribution in [0.25, 0.3) is 0 Å². The van der Waals surface area contributed by atoms with Crippen molar-refractivity contribution in [1.29, 1.82) is 0 Å². The Hall–Kier alpha value is -2.99. The number of nitrogen functional groups attached to an aromatic ring is 1. The lowest BCUT2D eigenvalue weighted by Crippen LogP contribution is -2.17. The molecule has 1 aromatic carbocycles. The third-order valence-corrected chi connectivity index (χ3v) is 5.24. The highest BCUT2D eigenvalue weighted by molar-refractivity contribution is 7.98. The number of aromatic nitrogens is 7. The van der Waals surface area contributed by atoms with Gasteiger partial charge in [-0.1, -0.05) is 23.9 Å². The van der Waals surface area contributed by atoms with E-state index in [1.165, 1.54) is 11.8 Å². The van der Waals surface area contributed by atoms with Gasteiger partial charge in [0.1, 0.15) is 11.6 Å². The topological polar surface area (TPSA) is 139 Å². The van der Waals surface area contributed by atoms with E-state index in [0.29, 0.717) is 35.0 Å². The SMILES string of the molecule is COc1ccccc1Nc1nc(N)nc(CSc2nnnn2C[C@H]2CCCO2)n1. The van der Waals surface area contributed by atoms with Crippen LogP contribution in [0.5, 0.6) is 5.75 Å². The molecule has 3 N–H and O–H groups in total. The van der Waals surface area contributed by atoms with Crippen molar-refractivity contribution < 1.29 is 9.47 Å². The number of nitrogens with one attached hydrogen (secondary N) is 1. The summed E-state index contributed by atoms with van der Waals surface area (Å²) < 4.78 is 12.7. The molecule has 0 spiro atoms. The van der Waals surface area contributed by atoms with E-state index in [0.717, 1.165) is 25.1 Å². The fourth-order valence-electron chi connectivity index (χ4n) is 2.95. The molecule has 1 aliphatic rings. The highest BCUT2D eigenvalue weighted by Crippen LogP contribution is 2.26. The van der Waals surface area contributed by atoms with Gasteiger partial charge in [0.05, 0.1) is 31.2 Å². The van der Waals surface area contributed by atoms with Gasteiger partial charge in [-0.05, 0) is 35.4 Å². The quantitative estimate of drug-likeness (QED) is 0.519. The molecular weight excluding hydrogens is 394 g/mol. The summed E-state index contributed by atoms with van der Waals surface area (Å²) in [5.41, 5.74) is 6.60. The molecule has 0 saturated carbocycles. The van der Waals surface area contributed by atoms with Crippen LogP contribution in [0.2, 0.25) is 0 Å². The molecule has 0 amide bonds. The number of thioether (sulfide) groups is 1. The number of para-hydroxylation sites is 2. The molecule has 3 heterocycles. The molecule has 0 unspecified atom stereocenters. The smallest absolute Gasteiger partial charge is 0.232 e. The van der Waals surface area contributed by atoms with Gasteiger partial charge in [0.25, 0.3) is 0 Å². The zero-order valence-corrected chi connectivity index (χ0v) is 16.7. The summed E-state index contributed by atoms with van der Waals surface area (Å²) >= 11 is 1.43. The molecule has 4 rings (SSSR count). The van der Waals surface area contributed by atoms with E-state index in [9.17, 15) is 0 Å². The van der Waals surface area contributed by atoms with Crippen LogP contribution in [-0.2, 0) is 17.0 Å². The lowest BCUT2D eigenvalue weighted by atomic mass is 10.2. The standard InChI is InChI=1S/C17H21N9O2S/c1-27-13-7-3-2-6-12(13)19-16-21-14(20-15(18)22-16)10-29-17-23-24-25-26(17)9-11-5-4-8-28-11/h2-3,6-7,11H,4-5,8-10H2,1H3,(H3,18,19,20,21,22)/t11-/m1/s1. The van der Waals surface area contributed by atoms with E-state index >= 15 is 0 Å². The van der Waals surface area contributed by atoms with Crippen molar-refractivity contribution in [2.45, 2.75) is 36.4 Å². The van der Waals surface area contributed by atoms with Crippen LogP contribution < -0.4 is 15.8 Å². The molecule has 1 atom stereocenters. The zero-order valence-electron chi connectivity index (χ0n) is 15.9. The number of rotatable bonds is 8. The average molecular weight is 415 g/mol. The Balaban J connectivity index is 1.44. The van der Waals surface area contributed by atoms with E-state index in [2.05, 4.69) is 35.8 Å². The summed E-state index contributed by atoms with van der Waals surface area (Å²) in [6.07, 6.45) is 2.25. The van der Waals surface area contributed by atoms with Crippen LogP contribution in [-0.4, -0.2) is 55.0 Å². The molecule has 1 saturated heterocycles. The molecule has 11 nitrogen and oxygen atoms in total. The van der Waals surface area contributed by atoms with Crippen LogP contribution >= 0.6 is 11.8 Å². The minimum Gasteiger partial charge on any atom is -0.495 e. The van der Waals surface area contributed by atoms with Gasteiger partial charge < -0.3 is 20.5 Å². The third-order valence-electron chi connectivity index (χ3n) is 4.28. The summed E-state index contributed by atoms with van der Waals surface area (Å²) in [6.45, 7) is 1.43. The maximum Gasteiger partial charge on any atom is 0.232 e. The van der Waals surface area contributed by atoms with Gasteiger partial charge in [-0.3, -0.25) is 0 Å². The number of ether oxygens (including phenoxy) is 2. The van der Waals surface area contributed by atoms with E-state index in [-0.39, 0.29) is 12.1 Å². The molecule has 152 valence electrons. The Morgan fingerprint density at radius 1 is 1.31 bits per heavy atom. The third kappa shape index (κ3) is 4.90. The maximum atomic E-state index is 5.87. The van der Waals surface area contributed by atoms with Gasteiger partial charge in [-0.15, -0.1) is 5.10 Å². The molecule has 0 radical (unpaired) electrons. The Kier molecular flexibility index (Phi) is 6.00. The second-order valence-electron chi connectivity index (χ2n) is 6.33. The van der Waals surface area contributed by atoms with Crippen molar-refractivity contribution in [3.8, 4) is 5.75 Å². The van der Waals surface area contributed by atoms with Crippen molar-refractivity contribution in [2.24, 2.45) is 0 Å². The van der Waals surface area contributed by atoms with Crippen LogP contribution in [0.3, 0.4) is 0 Å². The molecule has 2 aromatic heterocycles. The lowest BCUT2D eigenvalue weighted by molar-refractivity contribution is 0.0912. The number of tetrazole rings is 1. The van der Waals surface area contributed by atoms with Crippen LogP contribution in [0.15, 0.2) is 29.4 Å². The molecule has 29 heavy (non-hydrogen) atoms. The number of hydrogen-bond acceptors (Lipinski definition) is 11. The van der Waals surface area contributed by atoms with E-state index < -0.39 is 0 Å². The maximum absolute atomic E-state index is 5.87. The van der Waals surface area contributed by atoms with Crippen molar-refractivity contribution in [3.05, 3.63) is 30.1 Å². The monoisotopic (exact) mass is 415 g/mol. The number of anilines is 3. The number of benzene rings is 1. The van der Waals surface area contributed by atoms with E-state index in [4.69, 9.17) is 15.2 Å². The van der Waals surface area contributed by atoms with Crippen molar-refractivity contribution in [2.75, 3.05) is 24.8 Å². The zero-order chi connectivity index (χ0) is 20.1. The fraction of sp³-hybridized carbons (Fsp3) is 0.412. The second kappa shape index (κ2) is 9.01. The van der Waals surface area contributed by atoms with Gasteiger partial charge in [-0.25, -0.2) is 4.68 Å². The first-order valence-electron chi connectivity index (χ1n) is 9.12. The van der Waals surface area contributed by atoms with Gasteiger partial charge in [0, 0.05) is 6.61 Å². The molecule has 0 bridgehead atoms. The molecule has 3 aromatic rings. The molecule has 0 aliphatic carbocycles. The van der Waals surface area contributed by atoms with Crippen LogP contribution in [0.4, 0.5) is 17.6 Å². The molecule has 12 heteroatoms. The Morgan fingerprint density at radius 2 is 2.21 bits per heavy atom. The number of nitrogens with zero attached hydrogens (tertiary/aromatic N) is 7. The first-order valence-corrected chi connectivity index (χ1v) is 10.1. The predicted octanol–water partition coefficient (Wildman–Crippen LogP) is 1.66. The van der Waals surface area contributed by atoms with Gasteiger partial charge in [0.2, 0.25) is 17.1 Å². The molecular formula is C17H21N9O2S. The second-order valence-corrected chi connectivity index (χ2v) is 7.27. The minimum absolute atomic E-state index is 0.131. The summed E-state index contributed by atoms with van der Waals surface area (Å²) in [5.74, 6) is 2.12. The molecule has 1 fully saturated rings. The highest BCUT2D eigenvalue weighted by Gasteiger charge is 2.19. The van der Waals surface area contributed by atoms with Crippen molar-refractivity contribution in [3.63, 3.8) is 0 Å². The van der Waals surface area contributed by atoms with Gasteiger partial charge >= 0.3 is 0 Å². The Morgan fingerprint density at radius 3 is 3.03 bits per heavy atom. The Labute approximate surface area is 171 Å². The Bertz CT molecular complexity index is 962. The van der Waals surface area contributed by atoms with E-state index in [1.54, 1.807) is 11.8 Å². The first kappa shape index (κ1) is 19.3. The number of nitrogens with two attached hydrogens (primary N) is 1. The largest absolute Gasteiger partial charge is 0.495 e. The highest BCUT2D eigenvalue weighted by atomic mass is 32.2. The lowest BCUT2D eigenvalue weighted by Gasteiger charge is -2.11. The average Bonchev–Trinajstić information content (AvgIpc) is 3.39. The van der Waals surface area contributed by atoms with Gasteiger partial charge in [0.15, 0.2) is 0 Å². The number of hydrogen-bond donors (Lipinski definition) is 2. The van der Waals surface area contributed by atoms with E-state index in [1.807, 2.05) is 24.3 Å². The summed E-state index contributed by atoms with van der Waals surface area (Å²) in [7, 11) is 1.60. The summed E-state index contributed by atoms with van der Waals surface area (Å²) in [6, 6.07) is 7.48. The van der Waals surface area contributed by atoms with Crippen molar-refractivity contribution in [1.82, 2.24) is 35.2 Å². The predicted molar refractivity (Wildman–Crippen MR) is 107 cm³/mol. The number of methoxy groups -OCH3 is 1. The summed E-state index contributed by atoms with van der Waals surface area (Å²) in [4.78, 5) is 12.8. The minimum atomic E-state index is 0.131.